The van der Waals surface area contributed by atoms with Crippen LogP contribution in [0.4, 0.5) is 32.0 Å². The number of carbonyl (C=O) groups is 1. The lowest BCUT2D eigenvalue weighted by Crippen LogP contribution is -2.42. The average molecular weight is 497 g/mol. The van der Waals surface area contributed by atoms with Crippen LogP contribution in [0.1, 0.15) is 17.5 Å². The van der Waals surface area contributed by atoms with Crippen molar-refractivity contribution in [2.75, 3.05) is 5.32 Å². The van der Waals surface area contributed by atoms with E-state index in [4.69, 9.17) is 28.0 Å². The highest BCUT2D eigenvalue weighted by atomic mass is 35.5. The van der Waals surface area contributed by atoms with Crippen LogP contribution in [0.15, 0.2) is 53.7 Å². The minimum Gasteiger partial charge on any atom is -0.374 e. The minimum atomic E-state index is -5.06. The first-order valence-electron chi connectivity index (χ1n) is 8.75. The number of nitrogens with one attached hydrogen (secondary N) is 1. The van der Waals surface area contributed by atoms with Gasteiger partial charge in [-0.2, -0.15) is 26.3 Å². The first-order valence-corrected chi connectivity index (χ1v) is 9.50. The van der Waals surface area contributed by atoms with E-state index in [-0.39, 0.29) is 27.0 Å². The Bertz CT molecular complexity index is 1080. The average Bonchev–Trinajstić information content (AvgIpc) is 3.11. The summed E-state index contributed by atoms with van der Waals surface area (Å²) in [6.45, 7) is 0. The summed E-state index contributed by atoms with van der Waals surface area (Å²) in [5.41, 5.74) is -3.04. The molecule has 32 heavy (non-hydrogen) atoms. The number of nitrogens with zero attached hydrogens (tertiary/aromatic N) is 1. The normalized spacial score (nSPS) is 19.1. The Morgan fingerprint density at radius 3 is 2.28 bits per heavy atom. The van der Waals surface area contributed by atoms with Gasteiger partial charge in [-0.05, 0) is 42.0 Å². The van der Waals surface area contributed by atoms with Gasteiger partial charge in [0.1, 0.15) is 0 Å². The molecule has 0 bridgehead atoms. The first kappa shape index (κ1) is 23.9. The van der Waals surface area contributed by atoms with Gasteiger partial charge in [-0.15, -0.1) is 0 Å². The number of amides is 1. The Morgan fingerprint density at radius 2 is 1.69 bits per heavy atom. The number of hydrogen-bond donors (Lipinski definition) is 1. The summed E-state index contributed by atoms with van der Waals surface area (Å²) in [6, 6.07) is 8.72. The molecule has 0 saturated heterocycles. The van der Waals surface area contributed by atoms with Crippen molar-refractivity contribution in [1.29, 1.82) is 0 Å². The van der Waals surface area contributed by atoms with Gasteiger partial charge in [-0.25, -0.2) is 0 Å². The highest BCUT2D eigenvalue weighted by molar-refractivity contribution is 6.34. The third-order valence-corrected chi connectivity index (χ3v) is 4.84. The van der Waals surface area contributed by atoms with Crippen LogP contribution in [0.25, 0.3) is 6.08 Å². The fourth-order valence-corrected chi connectivity index (χ4v) is 3.44. The molecular formula is C20H12Cl2F6N2O2. The zero-order valence-electron chi connectivity index (χ0n) is 15.7. The molecule has 1 aliphatic heterocycles. The van der Waals surface area contributed by atoms with Crippen molar-refractivity contribution in [3.63, 3.8) is 0 Å². The highest BCUT2D eigenvalue weighted by Crippen LogP contribution is 2.49. The van der Waals surface area contributed by atoms with Gasteiger partial charge < -0.3 is 10.2 Å². The van der Waals surface area contributed by atoms with Gasteiger partial charge >= 0.3 is 18.3 Å². The molecule has 3 rings (SSSR count). The molecule has 0 fully saturated rings. The van der Waals surface area contributed by atoms with E-state index in [1.807, 2.05) is 0 Å². The molecule has 0 spiro atoms. The summed E-state index contributed by atoms with van der Waals surface area (Å²) < 4.78 is 78.9. The topological polar surface area (TPSA) is 50.7 Å². The summed E-state index contributed by atoms with van der Waals surface area (Å²) in [7, 11) is 0. The van der Waals surface area contributed by atoms with Crippen LogP contribution in [-0.4, -0.2) is 24.0 Å². The van der Waals surface area contributed by atoms with Crippen molar-refractivity contribution in [2.45, 2.75) is 24.4 Å². The lowest BCUT2D eigenvalue weighted by molar-refractivity contribution is -0.275. The van der Waals surface area contributed by atoms with Crippen LogP contribution in [0.2, 0.25) is 10.0 Å². The maximum Gasteiger partial charge on any atom is 0.471 e. The smallest absolute Gasteiger partial charge is 0.374 e. The van der Waals surface area contributed by atoms with Gasteiger partial charge in [0.2, 0.25) is 0 Å². The van der Waals surface area contributed by atoms with E-state index in [0.29, 0.717) is 5.56 Å². The SMILES string of the molecule is O=C(Nc1cccc(/C=C\C2=NOC(c3cc(Cl)cc(Cl)c3)(C(F)(F)F)C2)c1)C(F)(F)F. The number of anilines is 1. The van der Waals surface area contributed by atoms with E-state index in [9.17, 15) is 31.1 Å². The Hall–Kier alpha value is -2.72. The van der Waals surface area contributed by atoms with Crippen LogP contribution in [0.3, 0.4) is 0 Å². The van der Waals surface area contributed by atoms with Gasteiger partial charge in [0, 0.05) is 27.7 Å². The molecule has 2 aromatic carbocycles. The van der Waals surface area contributed by atoms with E-state index in [1.54, 1.807) is 5.32 Å². The predicted molar refractivity (Wildman–Crippen MR) is 107 cm³/mol. The van der Waals surface area contributed by atoms with Gasteiger partial charge in [0.05, 0.1) is 5.71 Å². The number of allylic oxidation sites excluding steroid dienone is 1. The Morgan fingerprint density at radius 1 is 1.03 bits per heavy atom. The number of alkyl halides is 6. The molecule has 1 atom stereocenters. The molecule has 1 N–H and O–H groups in total. The van der Waals surface area contributed by atoms with Crippen LogP contribution in [0, 0.1) is 0 Å². The quantitative estimate of drug-likeness (QED) is 0.476. The molecule has 1 aliphatic rings. The molecule has 0 aliphatic carbocycles. The molecule has 170 valence electrons. The second-order valence-electron chi connectivity index (χ2n) is 6.74. The van der Waals surface area contributed by atoms with Crippen molar-refractivity contribution in [2.24, 2.45) is 5.16 Å². The fourth-order valence-electron chi connectivity index (χ4n) is 2.92. The molecule has 4 nitrogen and oxygen atoms in total. The van der Waals surface area contributed by atoms with E-state index < -0.39 is 30.3 Å². The monoisotopic (exact) mass is 496 g/mol. The van der Waals surface area contributed by atoms with Crippen LogP contribution >= 0.6 is 23.2 Å². The molecule has 12 heteroatoms. The molecular weight excluding hydrogens is 485 g/mol. The van der Waals surface area contributed by atoms with Crippen LogP contribution in [-0.2, 0) is 15.2 Å². The minimum absolute atomic E-state index is 0.0126. The lowest BCUT2D eigenvalue weighted by atomic mass is 9.88. The Labute approximate surface area is 187 Å². The Kier molecular flexibility index (Phi) is 6.48. The molecule has 1 amide bonds. The zero-order chi connectivity index (χ0) is 23.7. The number of carbonyl (C=O) groups excluding carboxylic acids is 1. The molecule has 0 saturated carbocycles. The molecule has 2 aromatic rings. The molecule has 0 aromatic heterocycles. The first-order chi connectivity index (χ1) is 14.8. The summed E-state index contributed by atoms with van der Waals surface area (Å²) in [5, 5.41) is 5.18. The van der Waals surface area contributed by atoms with E-state index in [2.05, 4.69) is 5.16 Å². The zero-order valence-corrected chi connectivity index (χ0v) is 17.2. The maximum atomic E-state index is 13.9. The second kappa shape index (κ2) is 8.67. The van der Waals surface area contributed by atoms with Crippen molar-refractivity contribution in [3.8, 4) is 0 Å². The van der Waals surface area contributed by atoms with E-state index in [1.165, 1.54) is 42.5 Å². The van der Waals surface area contributed by atoms with Crippen molar-refractivity contribution in [3.05, 3.63) is 69.7 Å². The summed E-state index contributed by atoms with van der Waals surface area (Å²) in [4.78, 5) is 15.9. The second-order valence-corrected chi connectivity index (χ2v) is 7.62. The number of hydrogen-bond acceptors (Lipinski definition) is 3. The highest BCUT2D eigenvalue weighted by Gasteiger charge is 2.62. The van der Waals surface area contributed by atoms with Gasteiger partial charge in [0.15, 0.2) is 0 Å². The van der Waals surface area contributed by atoms with E-state index in [0.717, 1.165) is 12.1 Å². The molecule has 1 unspecified atom stereocenters. The van der Waals surface area contributed by atoms with E-state index >= 15 is 0 Å². The van der Waals surface area contributed by atoms with Crippen molar-refractivity contribution in [1.82, 2.24) is 0 Å². The summed E-state index contributed by atoms with van der Waals surface area (Å²) in [6.07, 6.45) is -8.06. The number of oxime groups is 1. The number of rotatable bonds is 4. The Balaban J connectivity index is 1.81. The summed E-state index contributed by atoms with van der Waals surface area (Å²) >= 11 is 11.7. The largest absolute Gasteiger partial charge is 0.471 e. The third-order valence-electron chi connectivity index (χ3n) is 4.41. The third kappa shape index (κ3) is 5.18. The van der Waals surface area contributed by atoms with Gasteiger partial charge in [-0.1, -0.05) is 46.6 Å². The van der Waals surface area contributed by atoms with Crippen molar-refractivity contribution < 1.29 is 36.0 Å². The molecule has 0 radical (unpaired) electrons. The van der Waals surface area contributed by atoms with Crippen LogP contribution in [0.5, 0.6) is 0 Å². The fraction of sp³-hybridized carbons (Fsp3) is 0.200. The number of benzene rings is 2. The lowest BCUT2D eigenvalue weighted by Gasteiger charge is -2.29. The predicted octanol–water partition coefficient (Wildman–Crippen LogP) is 6.74. The van der Waals surface area contributed by atoms with Gasteiger partial charge in [-0.3, -0.25) is 4.79 Å². The maximum absolute atomic E-state index is 13.9. The standard InChI is InChI=1S/C20H12Cl2F6N2O2/c21-13-7-12(8-14(22)9-13)18(20(26,27)28)10-16(30-32-18)5-4-11-2-1-3-15(6-11)29-17(31)19(23,24)25/h1-9H,10H2,(H,29,31)/b5-4-. The van der Waals surface area contributed by atoms with Crippen LogP contribution < -0.4 is 5.32 Å². The summed E-state index contributed by atoms with van der Waals surface area (Å²) in [5.74, 6) is -2.15. The molecule has 1 heterocycles. The number of halogens is 8. The van der Waals surface area contributed by atoms with Crippen molar-refractivity contribution >= 4 is 46.6 Å². The van der Waals surface area contributed by atoms with Gasteiger partial charge in [0.25, 0.3) is 5.60 Å².